The van der Waals surface area contributed by atoms with E-state index in [1.54, 1.807) is 31.3 Å². The van der Waals surface area contributed by atoms with Crippen molar-refractivity contribution in [2.75, 3.05) is 12.8 Å². The van der Waals surface area contributed by atoms with Crippen LogP contribution in [-0.2, 0) is 15.8 Å². The van der Waals surface area contributed by atoms with Crippen molar-refractivity contribution in [1.82, 2.24) is 4.31 Å². The monoisotopic (exact) mass is 254 g/mol. The van der Waals surface area contributed by atoms with Gasteiger partial charge in [0.25, 0.3) is 0 Å². The molecule has 0 atom stereocenters. The van der Waals surface area contributed by atoms with Crippen LogP contribution < -0.4 is 5.73 Å². The predicted molar refractivity (Wildman–Crippen MR) is 68.9 cm³/mol. The first kappa shape index (κ1) is 12.4. The topological polar surface area (TPSA) is 63.4 Å². The van der Waals surface area contributed by atoms with Gasteiger partial charge in [-0.2, -0.15) is 0 Å². The van der Waals surface area contributed by atoms with Gasteiger partial charge in [0.2, 0.25) is 10.0 Å². The molecule has 2 rings (SSSR count). The van der Waals surface area contributed by atoms with Gasteiger partial charge in [0.05, 0.1) is 5.75 Å². The lowest BCUT2D eigenvalue weighted by Gasteiger charge is -2.33. The van der Waals surface area contributed by atoms with Crippen molar-refractivity contribution in [2.24, 2.45) is 0 Å². The zero-order chi connectivity index (χ0) is 12.5. The fraction of sp³-hybridized carbons (Fsp3) is 0.500. The van der Waals surface area contributed by atoms with Crippen molar-refractivity contribution in [3.63, 3.8) is 0 Å². The fourth-order valence-corrected chi connectivity index (χ4v) is 3.44. The van der Waals surface area contributed by atoms with Crippen molar-refractivity contribution in [3.8, 4) is 0 Å². The van der Waals surface area contributed by atoms with E-state index in [-0.39, 0.29) is 11.8 Å². The Morgan fingerprint density at radius 1 is 1.41 bits per heavy atom. The summed E-state index contributed by atoms with van der Waals surface area (Å²) >= 11 is 0. The van der Waals surface area contributed by atoms with E-state index >= 15 is 0 Å². The van der Waals surface area contributed by atoms with Crippen LogP contribution in [0.4, 0.5) is 5.69 Å². The SMILES string of the molecule is CN(C1CCC1)S(=O)(=O)Cc1cccc(N)c1. The molecule has 1 aromatic rings. The summed E-state index contributed by atoms with van der Waals surface area (Å²) in [6.45, 7) is 0. The number of nitrogens with zero attached hydrogens (tertiary/aromatic N) is 1. The van der Waals surface area contributed by atoms with Gasteiger partial charge >= 0.3 is 0 Å². The molecule has 0 amide bonds. The average molecular weight is 254 g/mol. The lowest BCUT2D eigenvalue weighted by Crippen LogP contribution is -2.41. The molecule has 17 heavy (non-hydrogen) atoms. The molecule has 0 heterocycles. The van der Waals surface area contributed by atoms with Gasteiger partial charge in [-0.05, 0) is 30.5 Å². The Labute approximate surface area is 102 Å². The number of benzene rings is 1. The molecule has 5 heteroatoms. The van der Waals surface area contributed by atoms with Crippen molar-refractivity contribution in [3.05, 3.63) is 29.8 Å². The highest BCUT2D eigenvalue weighted by molar-refractivity contribution is 7.88. The average Bonchev–Trinajstić information content (AvgIpc) is 2.13. The fourth-order valence-electron chi connectivity index (χ4n) is 1.97. The summed E-state index contributed by atoms with van der Waals surface area (Å²) in [5.74, 6) is 0.0328. The number of anilines is 1. The lowest BCUT2D eigenvalue weighted by atomic mass is 9.94. The number of nitrogen functional groups attached to an aromatic ring is 1. The van der Waals surface area contributed by atoms with E-state index in [0.29, 0.717) is 5.69 Å². The Bertz CT molecular complexity index is 495. The smallest absolute Gasteiger partial charge is 0.218 e. The second kappa shape index (κ2) is 4.66. The van der Waals surface area contributed by atoms with Crippen LogP contribution >= 0.6 is 0 Å². The van der Waals surface area contributed by atoms with Gasteiger partial charge in [0, 0.05) is 18.8 Å². The summed E-state index contributed by atoms with van der Waals surface area (Å²) in [7, 11) is -1.54. The first-order chi connectivity index (χ1) is 7.99. The third-order valence-corrected chi connectivity index (χ3v) is 5.20. The predicted octanol–water partition coefficient (Wildman–Crippen LogP) is 1.58. The number of hydrogen-bond acceptors (Lipinski definition) is 3. The normalized spacial score (nSPS) is 17.1. The second-order valence-electron chi connectivity index (χ2n) is 4.60. The van der Waals surface area contributed by atoms with Crippen LogP contribution in [0.5, 0.6) is 0 Å². The number of hydrogen-bond donors (Lipinski definition) is 1. The van der Waals surface area contributed by atoms with Gasteiger partial charge < -0.3 is 5.73 Å². The zero-order valence-electron chi connectivity index (χ0n) is 9.96. The molecule has 94 valence electrons. The van der Waals surface area contributed by atoms with E-state index < -0.39 is 10.0 Å². The Balaban J connectivity index is 2.11. The van der Waals surface area contributed by atoms with Gasteiger partial charge in [-0.15, -0.1) is 0 Å². The second-order valence-corrected chi connectivity index (χ2v) is 6.63. The Hall–Kier alpha value is -1.07. The zero-order valence-corrected chi connectivity index (χ0v) is 10.8. The molecule has 1 aromatic carbocycles. The number of nitrogens with two attached hydrogens (primary N) is 1. The van der Waals surface area contributed by atoms with Crippen molar-refractivity contribution in [1.29, 1.82) is 0 Å². The molecule has 1 aliphatic rings. The Kier molecular flexibility index (Phi) is 3.40. The highest BCUT2D eigenvalue weighted by Crippen LogP contribution is 2.26. The Morgan fingerprint density at radius 2 is 2.12 bits per heavy atom. The third kappa shape index (κ3) is 2.79. The van der Waals surface area contributed by atoms with Gasteiger partial charge in [0.1, 0.15) is 0 Å². The summed E-state index contributed by atoms with van der Waals surface area (Å²) in [6, 6.07) is 7.24. The van der Waals surface area contributed by atoms with Gasteiger partial charge in [0.15, 0.2) is 0 Å². The summed E-state index contributed by atoms with van der Waals surface area (Å²) in [5, 5.41) is 0. The number of sulfonamides is 1. The maximum Gasteiger partial charge on any atom is 0.218 e. The molecule has 0 aliphatic heterocycles. The maximum absolute atomic E-state index is 12.1. The minimum absolute atomic E-state index is 0.0328. The van der Waals surface area contributed by atoms with E-state index in [4.69, 9.17) is 5.73 Å². The largest absolute Gasteiger partial charge is 0.399 e. The van der Waals surface area contributed by atoms with Gasteiger partial charge in [-0.1, -0.05) is 18.6 Å². The molecule has 2 N–H and O–H groups in total. The molecule has 4 nitrogen and oxygen atoms in total. The van der Waals surface area contributed by atoms with Crippen LogP contribution in [0.25, 0.3) is 0 Å². The molecule has 0 bridgehead atoms. The standard InChI is InChI=1S/C12H18N2O2S/c1-14(12-6-3-7-12)17(15,16)9-10-4-2-5-11(13)8-10/h2,4-5,8,12H,3,6-7,9,13H2,1H3. The van der Waals surface area contributed by atoms with E-state index in [2.05, 4.69) is 0 Å². The molecule has 1 saturated carbocycles. The third-order valence-electron chi connectivity index (χ3n) is 3.33. The molecule has 1 aliphatic carbocycles. The van der Waals surface area contributed by atoms with E-state index in [9.17, 15) is 8.42 Å². The molecular weight excluding hydrogens is 236 g/mol. The van der Waals surface area contributed by atoms with Crippen LogP contribution in [0.2, 0.25) is 0 Å². The highest BCUT2D eigenvalue weighted by Gasteiger charge is 2.30. The van der Waals surface area contributed by atoms with Gasteiger partial charge in [-0.25, -0.2) is 12.7 Å². The highest BCUT2D eigenvalue weighted by atomic mass is 32.2. The lowest BCUT2D eigenvalue weighted by molar-refractivity contribution is 0.249. The summed E-state index contributed by atoms with van der Waals surface area (Å²) in [5.41, 5.74) is 6.99. The van der Waals surface area contributed by atoms with Gasteiger partial charge in [-0.3, -0.25) is 0 Å². The summed E-state index contributed by atoms with van der Waals surface area (Å²) in [6.07, 6.45) is 3.09. The molecule has 0 aromatic heterocycles. The molecule has 0 spiro atoms. The van der Waals surface area contributed by atoms with Crippen LogP contribution in [0.1, 0.15) is 24.8 Å². The van der Waals surface area contributed by atoms with Crippen molar-refractivity contribution >= 4 is 15.7 Å². The summed E-state index contributed by atoms with van der Waals surface area (Å²) in [4.78, 5) is 0. The molecule has 0 radical (unpaired) electrons. The van der Waals surface area contributed by atoms with E-state index in [0.717, 1.165) is 24.8 Å². The van der Waals surface area contributed by atoms with Crippen LogP contribution in [0.15, 0.2) is 24.3 Å². The first-order valence-corrected chi connectivity index (χ1v) is 7.40. The van der Waals surface area contributed by atoms with Crippen LogP contribution in [0, 0.1) is 0 Å². The van der Waals surface area contributed by atoms with Crippen molar-refractivity contribution in [2.45, 2.75) is 31.1 Å². The van der Waals surface area contributed by atoms with Crippen molar-refractivity contribution < 1.29 is 8.42 Å². The van der Waals surface area contributed by atoms with E-state index in [1.807, 2.05) is 0 Å². The van der Waals surface area contributed by atoms with Crippen LogP contribution in [0.3, 0.4) is 0 Å². The molecule has 0 saturated heterocycles. The molecule has 0 unspecified atom stereocenters. The molecular formula is C12H18N2O2S. The molecule has 1 fully saturated rings. The minimum atomic E-state index is -3.21. The maximum atomic E-state index is 12.1. The van der Waals surface area contributed by atoms with Crippen LogP contribution in [-0.4, -0.2) is 25.8 Å². The Morgan fingerprint density at radius 3 is 2.65 bits per heavy atom. The summed E-state index contributed by atoms with van der Waals surface area (Å²) < 4.78 is 25.8. The quantitative estimate of drug-likeness (QED) is 0.830. The number of rotatable bonds is 4. The minimum Gasteiger partial charge on any atom is -0.399 e. The van der Waals surface area contributed by atoms with E-state index in [1.165, 1.54) is 4.31 Å². The first-order valence-electron chi connectivity index (χ1n) is 5.79.